The van der Waals surface area contributed by atoms with E-state index >= 15 is 0 Å². The molecule has 0 aliphatic rings. The molecule has 1 heterocycles. The Balaban J connectivity index is 0.00000320. The van der Waals surface area contributed by atoms with Crippen LogP contribution in [0.4, 0.5) is 13.2 Å². The van der Waals surface area contributed by atoms with E-state index in [0.717, 1.165) is 0 Å². The number of hydrogen-bond acceptors (Lipinski definition) is 4. The molecule has 0 amide bonds. The first-order valence-electron chi connectivity index (χ1n) is 9.04. The third-order valence-corrected chi connectivity index (χ3v) is 5.06. The fourth-order valence-corrected chi connectivity index (χ4v) is 3.33. The summed E-state index contributed by atoms with van der Waals surface area (Å²) in [5.41, 5.74) is -1.46. The topological polar surface area (TPSA) is 53.7 Å². The summed E-state index contributed by atoms with van der Waals surface area (Å²) in [6.07, 6.45) is -4.90. The normalized spacial score (nSPS) is 11.7. The van der Waals surface area contributed by atoms with Gasteiger partial charge in [0.15, 0.2) is 0 Å². The number of hydrogen-bond donors (Lipinski definition) is 1. The summed E-state index contributed by atoms with van der Waals surface area (Å²) in [5, 5.41) is 10.6. The van der Waals surface area contributed by atoms with Crippen LogP contribution >= 0.6 is 11.6 Å². The van der Waals surface area contributed by atoms with Crippen LogP contribution in [0, 0.1) is 0 Å². The monoisotopic (exact) mass is 504 g/mol. The van der Waals surface area contributed by atoms with Crippen LogP contribution in [-0.4, -0.2) is 23.1 Å². The van der Waals surface area contributed by atoms with Crippen molar-refractivity contribution in [1.29, 1.82) is 0 Å². The van der Waals surface area contributed by atoms with Crippen LogP contribution in [0.2, 0.25) is 5.02 Å². The molecular formula is C21H19BrClF3NO3-. The van der Waals surface area contributed by atoms with Crippen molar-refractivity contribution in [2.24, 2.45) is 0 Å². The van der Waals surface area contributed by atoms with Crippen molar-refractivity contribution in [3.05, 3.63) is 63.0 Å². The third kappa shape index (κ3) is 4.66. The average molecular weight is 506 g/mol. The number of rotatable bonds is 5. The van der Waals surface area contributed by atoms with Gasteiger partial charge in [0.05, 0.1) is 16.5 Å². The molecule has 0 aliphatic heterocycles. The van der Waals surface area contributed by atoms with Gasteiger partial charge in [-0.2, -0.15) is 13.2 Å². The van der Waals surface area contributed by atoms with E-state index in [1.165, 1.54) is 36.4 Å². The van der Waals surface area contributed by atoms with E-state index in [0.29, 0.717) is 18.1 Å². The molecule has 1 aromatic heterocycles. The average Bonchev–Trinajstić information content (AvgIpc) is 2.67. The van der Waals surface area contributed by atoms with Crippen LogP contribution in [0.3, 0.4) is 0 Å². The maximum absolute atomic E-state index is 13.8. The maximum Gasteiger partial charge on any atom is 0.450 e. The predicted octanol–water partition coefficient (Wildman–Crippen LogP) is 2.68. The number of nitrogens with zero attached hydrogens (tertiary/aromatic N) is 1. The van der Waals surface area contributed by atoms with Gasteiger partial charge in [-0.25, -0.2) is 0 Å². The van der Waals surface area contributed by atoms with E-state index in [4.69, 9.17) is 16.0 Å². The number of benzene rings is 2. The lowest BCUT2D eigenvalue weighted by atomic mass is 10.00. The molecule has 1 N–H and O–H groups in total. The summed E-state index contributed by atoms with van der Waals surface area (Å²) in [6, 6.07) is 8.07. The molecule has 3 aromatic rings. The first-order chi connectivity index (χ1) is 13.7. The van der Waals surface area contributed by atoms with E-state index in [-0.39, 0.29) is 51.4 Å². The van der Waals surface area contributed by atoms with Crippen molar-refractivity contribution in [1.82, 2.24) is 4.90 Å². The molecule has 0 fully saturated rings. The van der Waals surface area contributed by atoms with E-state index in [2.05, 4.69) is 0 Å². The Morgan fingerprint density at radius 1 is 1.07 bits per heavy atom. The summed E-state index contributed by atoms with van der Waals surface area (Å²) >= 11 is 5.82. The summed E-state index contributed by atoms with van der Waals surface area (Å²) in [6.45, 7) is 5.16. The number of aromatic hydroxyl groups is 1. The maximum atomic E-state index is 13.8. The van der Waals surface area contributed by atoms with Crippen molar-refractivity contribution in [2.45, 2.75) is 26.6 Å². The molecule has 2 aromatic carbocycles. The number of phenols is 1. The number of halogens is 5. The molecular weight excluding hydrogens is 487 g/mol. The lowest BCUT2D eigenvalue weighted by Crippen LogP contribution is -3.00. The smallest absolute Gasteiger partial charge is 0.450 e. The Labute approximate surface area is 186 Å². The zero-order valence-corrected chi connectivity index (χ0v) is 18.5. The van der Waals surface area contributed by atoms with Gasteiger partial charge in [0, 0.05) is 11.6 Å². The van der Waals surface area contributed by atoms with Crippen molar-refractivity contribution in [2.75, 3.05) is 13.1 Å². The molecule has 9 heteroatoms. The molecule has 162 valence electrons. The SMILES string of the molecule is CCN(CC)Cc1c(O)ccc2c(=O)c(-c3ccc(Cl)cc3)c(C(F)(F)F)oc12.[Br-]. The number of phenolic OH excluding ortho intramolecular Hbond substituents is 1. The zero-order chi connectivity index (χ0) is 21.3. The summed E-state index contributed by atoms with van der Waals surface area (Å²) in [7, 11) is 0. The van der Waals surface area contributed by atoms with Crippen LogP contribution in [0.15, 0.2) is 45.6 Å². The molecule has 0 aliphatic carbocycles. The Bertz CT molecular complexity index is 1090. The van der Waals surface area contributed by atoms with Gasteiger partial charge in [-0.05, 0) is 42.9 Å². The van der Waals surface area contributed by atoms with Gasteiger partial charge in [-0.3, -0.25) is 9.69 Å². The van der Waals surface area contributed by atoms with E-state index < -0.39 is 22.9 Å². The molecule has 0 atom stereocenters. The highest BCUT2D eigenvalue weighted by Crippen LogP contribution is 2.39. The van der Waals surface area contributed by atoms with Crippen molar-refractivity contribution in [3.8, 4) is 16.9 Å². The highest BCUT2D eigenvalue weighted by atomic mass is 79.9. The molecule has 0 saturated heterocycles. The van der Waals surface area contributed by atoms with Gasteiger partial charge in [-0.1, -0.05) is 37.6 Å². The van der Waals surface area contributed by atoms with Crippen LogP contribution in [-0.2, 0) is 12.7 Å². The van der Waals surface area contributed by atoms with Gasteiger partial charge in [0.25, 0.3) is 0 Å². The predicted molar refractivity (Wildman–Crippen MR) is 106 cm³/mol. The quantitative estimate of drug-likeness (QED) is 0.579. The number of alkyl halides is 3. The van der Waals surface area contributed by atoms with Crippen molar-refractivity contribution in [3.63, 3.8) is 0 Å². The molecule has 4 nitrogen and oxygen atoms in total. The lowest BCUT2D eigenvalue weighted by molar-refractivity contribution is -0.152. The fourth-order valence-electron chi connectivity index (χ4n) is 3.21. The fraction of sp³-hybridized carbons (Fsp3) is 0.286. The van der Waals surface area contributed by atoms with Crippen LogP contribution in [0.5, 0.6) is 5.75 Å². The Morgan fingerprint density at radius 2 is 1.67 bits per heavy atom. The highest BCUT2D eigenvalue weighted by Gasteiger charge is 2.39. The largest absolute Gasteiger partial charge is 1.00 e. The van der Waals surface area contributed by atoms with E-state index in [9.17, 15) is 23.1 Å². The van der Waals surface area contributed by atoms with Crippen LogP contribution in [0.1, 0.15) is 25.2 Å². The van der Waals surface area contributed by atoms with Crippen LogP contribution < -0.4 is 22.4 Å². The molecule has 0 radical (unpaired) electrons. The summed E-state index contributed by atoms with van der Waals surface area (Å²) < 4.78 is 46.7. The summed E-state index contributed by atoms with van der Waals surface area (Å²) in [4.78, 5) is 15.0. The highest BCUT2D eigenvalue weighted by molar-refractivity contribution is 6.30. The molecule has 0 saturated carbocycles. The second-order valence-electron chi connectivity index (χ2n) is 6.54. The standard InChI is InChI=1S/C21H19ClF3NO3.BrH/c1-3-26(4-2)11-15-16(27)10-9-14-18(28)17(12-5-7-13(22)8-6-12)20(21(23,24)25)29-19(14)15;/h5-10,27H,3-4,11H2,1-2H3;1H/p-1. The van der Waals surface area contributed by atoms with E-state index in [1.807, 2.05) is 18.7 Å². The number of fused-ring (bicyclic) bond motifs is 1. The minimum atomic E-state index is -4.90. The van der Waals surface area contributed by atoms with Gasteiger partial charge in [-0.15, -0.1) is 0 Å². The van der Waals surface area contributed by atoms with Crippen molar-refractivity contribution >= 4 is 22.6 Å². The Morgan fingerprint density at radius 3 is 2.20 bits per heavy atom. The van der Waals surface area contributed by atoms with E-state index in [1.54, 1.807) is 0 Å². The molecule has 3 rings (SSSR count). The first kappa shape index (κ1) is 24.2. The third-order valence-electron chi connectivity index (χ3n) is 4.81. The first-order valence-corrected chi connectivity index (χ1v) is 9.42. The molecule has 0 bridgehead atoms. The second kappa shape index (κ2) is 9.41. The van der Waals surface area contributed by atoms with Crippen molar-refractivity contribution < 1.29 is 39.7 Å². The van der Waals surface area contributed by atoms with Crippen LogP contribution in [0.25, 0.3) is 22.1 Å². The van der Waals surface area contributed by atoms with Gasteiger partial charge >= 0.3 is 6.18 Å². The minimum absolute atomic E-state index is 0. The van der Waals surface area contributed by atoms with Gasteiger partial charge < -0.3 is 26.5 Å². The molecule has 0 unspecified atom stereocenters. The minimum Gasteiger partial charge on any atom is -1.00 e. The van der Waals surface area contributed by atoms with Gasteiger partial charge in [0.1, 0.15) is 11.3 Å². The lowest BCUT2D eigenvalue weighted by Gasteiger charge is -2.20. The Kier molecular flexibility index (Phi) is 7.60. The second-order valence-corrected chi connectivity index (χ2v) is 6.98. The molecule has 0 spiro atoms. The Hall–Kier alpha value is -2.03. The molecule has 30 heavy (non-hydrogen) atoms. The zero-order valence-electron chi connectivity index (χ0n) is 16.2. The summed E-state index contributed by atoms with van der Waals surface area (Å²) in [5.74, 6) is -1.62. The van der Waals surface area contributed by atoms with Gasteiger partial charge in [0.2, 0.25) is 11.2 Å².